The van der Waals surface area contributed by atoms with Gasteiger partial charge in [-0.2, -0.15) is 0 Å². The van der Waals surface area contributed by atoms with Gasteiger partial charge in [0.15, 0.2) is 0 Å². The van der Waals surface area contributed by atoms with Crippen molar-refractivity contribution in [2.24, 2.45) is 5.73 Å². The average Bonchev–Trinajstić information content (AvgIpc) is 2.92. The molecule has 1 aliphatic rings. The minimum absolute atomic E-state index is 0.276. The summed E-state index contributed by atoms with van der Waals surface area (Å²) >= 11 is 0. The van der Waals surface area contributed by atoms with Crippen LogP contribution in [0.2, 0.25) is 0 Å². The highest BCUT2D eigenvalue weighted by molar-refractivity contribution is 5.44. The molecule has 0 aliphatic heterocycles. The van der Waals surface area contributed by atoms with E-state index in [1.165, 1.54) is 35.1 Å². The van der Waals surface area contributed by atoms with Crippen molar-refractivity contribution in [3.63, 3.8) is 0 Å². The van der Waals surface area contributed by atoms with E-state index in [0.717, 1.165) is 0 Å². The first-order valence-electron chi connectivity index (χ1n) is 5.81. The molecule has 1 aromatic carbocycles. The van der Waals surface area contributed by atoms with Crippen LogP contribution in [0, 0.1) is 20.8 Å². The minimum Gasteiger partial charge on any atom is -0.327 e. The van der Waals surface area contributed by atoms with Gasteiger partial charge in [0, 0.05) is 11.5 Å². The Kier molecular flexibility index (Phi) is 2.38. The highest BCUT2D eigenvalue weighted by atomic mass is 14.7. The summed E-state index contributed by atoms with van der Waals surface area (Å²) in [4.78, 5) is 0. The number of hydrogen-bond acceptors (Lipinski definition) is 1. The Morgan fingerprint density at radius 2 is 1.60 bits per heavy atom. The molecule has 2 N–H and O–H groups in total. The zero-order chi connectivity index (χ0) is 11.2. The molecule has 0 saturated heterocycles. The van der Waals surface area contributed by atoms with Crippen molar-refractivity contribution in [1.29, 1.82) is 0 Å². The molecule has 0 spiro atoms. The highest BCUT2D eigenvalue weighted by Crippen LogP contribution is 2.51. The molecule has 0 amide bonds. The molecular weight excluding hydrogens is 182 g/mol. The van der Waals surface area contributed by atoms with Gasteiger partial charge in [0.2, 0.25) is 0 Å². The van der Waals surface area contributed by atoms with Crippen molar-refractivity contribution in [2.75, 3.05) is 0 Å². The van der Waals surface area contributed by atoms with Gasteiger partial charge in [-0.1, -0.05) is 12.1 Å². The SMILES string of the molecule is Cc1cc(C)c(C2(C(C)N)CC2)cc1C. The zero-order valence-electron chi connectivity index (χ0n) is 10.2. The molecule has 0 bridgehead atoms. The van der Waals surface area contributed by atoms with E-state index in [0.29, 0.717) is 5.41 Å². The molecule has 2 rings (SSSR count). The summed E-state index contributed by atoms with van der Waals surface area (Å²) in [6, 6.07) is 4.92. The van der Waals surface area contributed by atoms with Crippen LogP contribution in [0.3, 0.4) is 0 Å². The van der Waals surface area contributed by atoms with Crippen molar-refractivity contribution in [3.8, 4) is 0 Å². The van der Waals surface area contributed by atoms with E-state index < -0.39 is 0 Å². The number of benzene rings is 1. The molecule has 1 aromatic rings. The Bertz CT molecular complexity index is 387. The van der Waals surface area contributed by atoms with Crippen LogP contribution in [0.5, 0.6) is 0 Å². The number of rotatable bonds is 2. The molecule has 1 saturated carbocycles. The summed E-state index contributed by atoms with van der Waals surface area (Å²) < 4.78 is 0. The Balaban J connectivity index is 2.49. The summed E-state index contributed by atoms with van der Waals surface area (Å²) in [6.07, 6.45) is 2.52. The van der Waals surface area contributed by atoms with Gasteiger partial charge in [-0.3, -0.25) is 0 Å². The first-order valence-corrected chi connectivity index (χ1v) is 5.81. The molecule has 1 nitrogen and oxygen atoms in total. The molecule has 0 heterocycles. The second kappa shape index (κ2) is 3.34. The summed E-state index contributed by atoms with van der Waals surface area (Å²) in [7, 11) is 0. The summed E-state index contributed by atoms with van der Waals surface area (Å²) in [5.74, 6) is 0. The largest absolute Gasteiger partial charge is 0.327 e. The van der Waals surface area contributed by atoms with Gasteiger partial charge in [0.25, 0.3) is 0 Å². The molecule has 0 aromatic heterocycles. The van der Waals surface area contributed by atoms with Gasteiger partial charge < -0.3 is 5.73 Å². The Labute approximate surface area is 92.7 Å². The van der Waals surface area contributed by atoms with Gasteiger partial charge in [0.05, 0.1) is 0 Å². The van der Waals surface area contributed by atoms with Crippen LogP contribution in [0.15, 0.2) is 12.1 Å². The maximum atomic E-state index is 6.12. The standard InChI is InChI=1S/C14H21N/c1-9-7-11(3)13(8-10(9)2)14(5-6-14)12(4)15/h7-8,12H,5-6,15H2,1-4H3. The fourth-order valence-corrected chi connectivity index (χ4v) is 2.60. The van der Waals surface area contributed by atoms with Crippen LogP contribution in [0.1, 0.15) is 42.0 Å². The molecule has 1 fully saturated rings. The van der Waals surface area contributed by atoms with E-state index in [2.05, 4.69) is 39.8 Å². The number of hydrogen-bond donors (Lipinski definition) is 1. The van der Waals surface area contributed by atoms with Crippen molar-refractivity contribution in [1.82, 2.24) is 0 Å². The van der Waals surface area contributed by atoms with Crippen molar-refractivity contribution in [3.05, 3.63) is 34.4 Å². The van der Waals surface area contributed by atoms with Crippen molar-refractivity contribution < 1.29 is 0 Å². The third kappa shape index (κ3) is 1.59. The topological polar surface area (TPSA) is 26.0 Å². The zero-order valence-corrected chi connectivity index (χ0v) is 10.2. The lowest BCUT2D eigenvalue weighted by Crippen LogP contribution is -2.32. The van der Waals surface area contributed by atoms with Crippen LogP contribution in [-0.4, -0.2) is 6.04 Å². The summed E-state index contributed by atoms with van der Waals surface area (Å²) in [5, 5.41) is 0. The molecule has 1 atom stereocenters. The lowest BCUT2D eigenvalue weighted by molar-refractivity contribution is 0.553. The van der Waals surface area contributed by atoms with E-state index in [1.807, 2.05) is 0 Å². The highest BCUT2D eigenvalue weighted by Gasteiger charge is 2.48. The van der Waals surface area contributed by atoms with Gasteiger partial charge in [-0.05, 0) is 62.8 Å². The quantitative estimate of drug-likeness (QED) is 0.785. The second-order valence-corrected chi connectivity index (χ2v) is 5.20. The summed E-state index contributed by atoms with van der Waals surface area (Å²) in [6.45, 7) is 8.72. The Morgan fingerprint density at radius 1 is 1.07 bits per heavy atom. The van der Waals surface area contributed by atoms with Gasteiger partial charge in [-0.25, -0.2) is 0 Å². The molecule has 1 aliphatic carbocycles. The number of nitrogens with two attached hydrogens (primary N) is 1. The van der Waals surface area contributed by atoms with E-state index in [9.17, 15) is 0 Å². The maximum absolute atomic E-state index is 6.12. The predicted molar refractivity (Wildman–Crippen MR) is 65.2 cm³/mol. The smallest absolute Gasteiger partial charge is 0.0108 e. The third-order valence-electron chi connectivity index (χ3n) is 4.04. The lowest BCUT2D eigenvalue weighted by atomic mass is 9.84. The first kappa shape index (κ1) is 10.7. The fraction of sp³-hybridized carbons (Fsp3) is 0.571. The van der Waals surface area contributed by atoms with Crippen LogP contribution >= 0.6 is 0 Å². The van der Waals surface area contributed by atoms with Gasteiger partial charge >= 0.3 is 0 Å². The monoisotopic (exact) mass is 203 g/mol. The third-order valence-corrected chi connectivity index (χ3v) is 4.04. The predicted octanol–water partition coefficient (Wildman–Crippen LogP) is 2.99. The second-order valence-electron chi connectivity index (χ2n) is 5.20. The van der Waals surface area contributed by atoms with Gasteiger partial charge in [0.1, 0.15) is 0 Å². The van der Waals surface area contributed by atoms with Crippen molar-refractivity contribution >= 4 is 0 Å². The van der Waals surface area contributed by atoms with Crippen molar-refractivity contribution in [2.45, 2.75) is 52.0 Å². The van der Waals surface area contributed by atoms with Crippen LogP contribution in [-0.2, 0) is 5.41 Å². The lowest BCUT2D eigenvalue weighted by Gasteiger charge is -2.23. The van der Waals surface area contributed by atoms with E-state index in [1.54, 1.807) is 0 Å². The fourth-order valence-electron chi connectivity index (χ4n) is 2.60. The van der Waals surface area contributed by atoms with E-state index >= 15 is 0 Å². The molecule has 15 heavy (non-hydrogen) atoms. The average molecular weight is 203 g/mol. The molecule has 1 unspecified atom stereocenters. The van der Waals surface area contributed by atoms with Crippen LogP contribution in [0.25, 0.3) is 0 Å². The molecule has 1 heteroatoms. The van der Waals surface area contributed by atoms with Gasteiger partial charge in [-0.15, -0.1) is 0 Å². The van der Waals surface area contributed by atoms with E-state index in [4.69, 9.17) is 5.73 Å². The maximum Gasteiger partial charge on any atom is 0.0108 e. The molecule has 82 valence electrons. The van der Waals surface area contributed by atoms with E-state index in [-0.39, 0.29) is 6.04 Å². The molecule has 0 radical (unpaired) electrons. The Morgan fingerprint density at radius 3 is 2.07 bits per heavy atom. The van der Waals surface area contributed by atoms with Crippen LogP contribution in [0.4, 0.5) is 0 Å². The molecular formula is C14H21N. The Hall–Kier alpha value is -0.820. The first-order chi connectivity index (χ1) is 6.97. The van der Waals surface area contributed by atoms with Crippen LogP contribution < -0.4 is 5.73 Å². The summed E-state index contributed by atoms with van der Waals surface area (Å²) in [5.41, 5.74) is 12.1. The minimum atomic E-state index is 0.276. The number of aryl methyl sites for hydroxylation is 3. The normalized spacial score (nSPS) is 20.1.